The van der Waals surface area contributed by atoms with Crippen LogP contribution in [0.25, 0.3) is 10.9 Å². The van der Waals surface area contributed by atoms with Crippen LogP contribution in [0.3, 0.4) is 0 Å². The maximum absolute atomic E-state index is 15.1. The van der Waals surface area contributed by atoms with Gasteiger partial charge in [-0.05, 0) is 92.0 Å². The van der Waals surface area contributed by atoms with Gasteiger partial charge in [-0.1, -0.05) is 91.1 Å². The molecule has 0 saturated carbocycles. The van der Waals surface area contributed by atoms with Crippen LogP contribution in [0, 0.1) is 11.8 Å². The van der Waals surface area contributed by atoms with Gasteiger partial charge in [0.1, 0.15) is 29.9 Å². The smallest absolute Gasteiger partial charge is 0.370 e. The Labute approximate surface area is 482 Å². The van der Waals surface area contributed by atoms with Gasteiger partial charge in [0.2, 0.25) is 41.4 Å². The van der Waals surface area contributed by atoms with Crippen LogP contribution < -0.4 is 27.0 Å². The zero-order valence-electron chi connectivity index (χ0n) is 45.9. The number of amides is 9. The lowest BCUT2D eigenvalue weighted by molar-refractivity contribution is -0.145. The number of unbranched alkanes of at least 4 members (excludes halogenated alkanes) is 3. The molecule has 2 unspecified atom stereocenters. The van der Waals surface area contributed by atoms with Crippen molar-refractivity contribution in [3.05, 3.63) is 142 Å². The second-order valence-electron chi connectivity index (χ2n) is 21.5. The number of carbonyl (C=O) groups is 9. The van der Waals surface area contributed by atoms with Gasteiger partial charge >= 0.3 is 13.3 Å². The number of benzene rings is 4. The second-order valence-corrected chi connectivity index (χ2v) is 23.2. The number of primary amides is 1. The van der Waals surface area contributed by atoms with E-state index in [0.717, 1.165) is 23.3 Å². The lowest BCUT2D eigenvalue weighted by atomic mass is 9.98. The van der Waals surface area contributed by atoms with E-state index in [4.69, 9.17) is 5.73 Å². The summed E-state index contributed by atoms with van der Waals surface area (Å²) in [6.45, 7) is -0.0262. The summed E-state index contributed by atoms with van der Waals surface area (Å²) in [5.74, 6) is 1.19. The van der Waals surface area contributed by atoms with Crippen LogP contribution in [0.4, 0.5) is 8.78 Å². The largest absolute Gasteiger partial charge is 0.399 e. The highest BCUT2D eigenvalue weighted by atomic mass is 31.2. The highest BCUT2D eigenvalue weighted by Crippen LogP contribution is 2.59. The first-order valence-corrected chi connectivity index (χ1v) is 29.4. The first-order valence-electron chi connectivity index (χ1n) is 27.8. The molecule has 21 nitrogen and oxygen atoms in total. The third-order valence-corrected chi connectivity index (χ3v) is 17.0. The number of aryl methyl sites for hydroxylation is 1. The second kappa shape index (κ2) is 25.5. The van der Waals surface area contributed by atoms with Gasteiger partial charge in [0.25, 0.3) is 11.8 Å². The predicted octanol–water partition coefficient (Wildman–Crippen LogP) is 4.51. The van der Waals surface area contributed by atoms with Gasteiger partial charge in [0, 0.05) is 86.0 Å². The van der Waals surface area contributed by atoms with Crippen LogP contribution in [0.15, 0.2) is 103 Å². The molecular weight excluding hydrogens is 1110 g/mol. The summed E-state index contributed by atoms with van der Waals surface area (Å²) in [6.07, 6.45) is 2.80. The number of nitrogens with two attached hydrogens (primary N) is 1. The van der Waals surface area contributed by atoms with E-state index in [1.807, 2.05) is 60.7 Å². The number of hydrogen-bond donors (Lipinski definition) is 7. The van der Waals surface area contributed by atoms with Crippen molar-refractivity contribution < 1.29 is 66.3 Å². The molecule has 4 aliphatic heterocycles. The molecule has 0 bridgehead atoms. The van der Waals surface area contributed by atoms with Crippen molar-refractivity contribution in [3.63, 3.8) is 0 Å². The van der Waals surface area contributed by atoms with Crippen LogP contribution in [0.2, 0.25) is 0 Å². The average molecular weight is 1170 g/mol. The molecule has 440 valence electrons. The molecule has 9 amide bonds. The Bertz CT molecular complexity index is 3490. The minimum Gasteiger partial charge on any atom is -0.370 e. The quantitative estimate of drug-likeness (QED) is 0.0260. The van der Waals surface area contributed by atoms with E-state index >= 15 is 4.79 Å². The zero-order valence-corrected chi connectivity index (χ0v) is 46.8. The molecule has 0 aliphatic carbocycles. The van der Waals surface area contributed by atoms with Crippen LogP contribution in [-0.4, -0.2) is 126 Å². The molecule has 0 spiro atoms. The summed E-state index contributed by atoms with van der Waals surface area (Å²) in [5.41, 5.74) is 3.41. The van der Waals surface area contributed by atoms with E-state index in [9.17, 15) is 61.5 Å². The topological polar surface area (TPSA) is 300 Å². The van der Waals surface area contributed by atoms with E-state index in [2.05, 4.69) is 33.1 Å². The van der Waals surface area contributed by atoms with Gasteiger partial charge in [-0.25, -0.2) is 0 Å². The van der Waals surface area contributed by atoms with Crippen molar-refractivity contribution >= 4 is 71.7 Å². The number of imide groups is 1. The van der Waals surface area contributed by atoms with Crippen LogP contribution in [-0.2, 0) is 57.4 Å². The Morgan fingerprint density at radius 2 is 1.56 bits per heavy atom. The monoisotopic (exact) mass is 1170 g/mol. The van der Waals surface area contributed by atoms with Gasteiger partial charge in [-0.2, -0.15) is 8.78 Å². The molecule has 4 aromatic carbocycles. The SMILES string of the molecule is Cn1c(C(=O)N[C@H]2CN(C(=O)CCCCCC#Cc3cccc4c3CN(C3CCC(=O)NC3=O)C4=O)CC[C@H]3CC[C@@H](C(=O)NC(CCC(N)=O)C(=O)NC(c4ccccc4)c4ccccc4)N3C2=O)cc2cc(C(F)(F)P(=O)(O)O)ccc21. The first-order chi connectivity index (χ1) is 40.1. The number of aromatic nitrogens is 1. The molecule has 5 heterocycles. The van der Waals surface area contributed by atoms with Crippen LogP contribution in [0.1, 0.15) is 132 Å². The van der Waals surface area contributed by atoms with Gasteiger partial charge < -0.3 is 50.7 Å². The number of alkyl halides is 2. The van der Waals surface area contributed by atoms with Crippen LogP contribution in [0.5, 0.6) is 0 Å². The number of hydrogen-bond acceptors (Lipinski definition) is 10. The standard InChI is InChI=1S/C60H64F2N9O12P/c1-68-46-25-22-40(60(61,62)84(81,82)83)32-39(46)33-49(68)57(78)65-45-35-69(52(74)21-12-4-2-3-7-14-36-19-13-20-42-43(36)34-70(58(42)79)47-27-29-51(73)66-55(47)76)31-30-41-23-26-48(71(41)59(45)80)56(77)64-44(24-28-50(63)72)54(75)67-53(37-15-8-5-9-16-37)38-17-10-6-11-18-38/h5-6,8-11,13,15-20,22,25,32-33,41,44-45,47-48,53H,2-4,12,21,23-24,26-31,34-35H2,1H3,(H2,63,72)(H,64,77)(H,65,78)(H,67,75)(H,66,73,76)(H2,81,82,83)/t41-,44?,45+,47?,48+/m1/s1. The number of nitrogens with zero attached hydrogens (tertiary/aromatic N) is 4. The Morgan fingerprint density at radius 1 is 0.845 bits per heavy atom. The molecule has 24 heteroatoms. The maximum atomic E-state index is 15.1. The lowest BCUT2D eigenvalue weighted by Crippen LogP contribution is -2.62. The normalized spacial score (nSPS) is 19.4. The van der Waals surface area contributed by atoms with E-state index < -0.39 is 90.5 Å². The molecule has 0 radical (unpaired) electrons. The van der Waals surface area contributed by atoms with Crippen molar-refractivity contribution in [2.75, 3.05) is 13.1 Å². The third-order valence-electron chi connectivity index (χ3n) is 16.0. The first kappa shape index (κ1) is 60.0. The molecule has 4 aliphatic rings. The highest BCUT2D eigenvalue weighted by Gasteiger charge is 2.51. The van der Waals surface area contributed by atoms with Crippen LogP contribution >= 0.6 is 7.60 Å². The summed E-state index contributed by atoms with van der Waals surface area (Å²) in [7, 11) is -4.49. The fourth-order valence-corrected chi connectivity index (χ4v) is 12.0. The molecule has 1 aromatic heterocycles. The van der Waals surface area contributed by atoms with Gasteiger partial charge in [0.15, 0.2) is 0 Å². The molecule has 84 heavy (non-hydrogen) atoms. The maximum Gasteiger partial charge on any atom is 0.399 e. The number of halogens is 2. The fraction of sp³-hybridized carbons (Fsp3) is 0.383. The van der Waals surface area contributed by atoms with E-state index in [0.29, 0.717) is 48.8 Å². The average Bonchev–Trinajstić information content (AvgIpc) is 4.36. The number of fused-ring (bicyclic) bond motifs is 3. The van der Waals surface area contributed by atoms with Crippen molar-refractivity contribution in [2.24, 2.45) is 12.8 Å². The fourth-order valence-electron chi connectivity index (χ4n) is 11.5. The highest BCUT2D eigenvalue weighted by molar-refractivity contribution is 7.52. The summed E-state index contributed by atoms with van der Waals surface area (Å²) >= 11 is 0. The van der Waals surface area contributed by atoms with E-state index in [1.54, 1.807) is 18.2 Å². The van der Waals surface area contributed by atoms with E-state index in [1.165, 1.54) is 38.4 Å². The summed E-state index contributed by atoms with van der Waals surface area (Å²) in [5, 5.41) is 10.9. The van der Waals surface area contributed by atoms with Crippen molar-refractivity contribution in [1.82, 2.24) is 40.5 Å². The number of rotatable bonds is 19. The Kier molecular flexibility index (Phi) is 18.2. The minimum absolute atomic E-state index is 0.0311. The molecular formula is C60H64F2N9O12P. The zero-order chi connectivity index (χ0) is 60.0. The number of carbonyl (C=O) groups excluding carboxylic acids is 9. The van der Waals surface area contributed by atoms with Gasteiger partial charge in [-0.15, -0.1) is 0 Å². The third kappa shape index (κ3) is 13.1. The van der Waals surface area contributed by atoms with Crippen molar-refractivity contribution in [2.45, 2.75) is 126 Å². The van der Waals surface area contributed by atoms with Crippen molar-refractivity contribution in [1.29, 1.82) is 0 Å². The molecule has 8 N–H and O–H groups in total. The van der Waals surface area contributed by atoms with Gasteiger partial charge in [-0.3, -0.25) is 53.0 Å². The summed E-state index contributed by atoms with van der Waals surface area (Å²) in [4.78, 5) is 145. The van der Waals surface area contributed by atoms with E-state index in [-0.39, 0.29) is 98.9 Å². The summed E-state index contributed by atoms with van der Waals surface area (Å²) in [6, 6.07) is 21.6. The van der Waals surface area contributed by atoms with Gasteiger partial charge in [0.05, 0.1) is 6.04 Å². The molecule has 5 aromatic rings. The molecule has 3 saturated heterocycles. The minimum atomic E-state index is -5.94. The number of piperidine rings is 1. The lowest BCUT2D eigenvalue weighted by Gasteiger charge is -2.39. The summed E-state index contributed by atoms with van der Waals surface area (Å²) < 4.78 is 42.8. The Hall–Kier alpha value is -8.58. The number of nitrogens with one attached hydrogen (secondary N) is 4. The predicted molar refractivity (Wildman–Crippen MR) is 301 cm³/mol. The Balaban J connectivity index is 0.899. The molecule has 5 atom stereocenters. The molecule has 9 rings (SSSR count). The molecule has 3 fully saturated rings. The Morgan fingerprint density at radius 3 is 2.24 bits per heavy atom. The van der Waals surface area contributed by atoms with Crippen molar-refractivity contribution in [3.8, 4) is 11.8 Å².